The van der Waals surface area contributed by atoms with E-state index in [4.69, 9.17) is 4.74 Å². The molecule has 2 amide bonds. The van der Waals surface area contributed by atoms with E-state index in [9.17, 15) is 14.4 Å². The standard InChI is InChI=1S/C21H21N5O4/c1-3-19(27)23-10-11-24(20(28)14-23)16-6-9-18-22-26(21(29)25(18)13-16)12-15-4-7-17(30-2)8-5-15/h3-9,13H,1,10-12,14H2,2H3. The molecule has 3 heterocycles. The van der Waals surface area contributed by atoms with E-state index in [-0.39, 0.29) is 24.0 Å². The quantitative estimate of drug-likeness (QED) is 0.587. The molecule has 1 fully saturated rings. The van der Waals surface area contributed by atoms with Crippen LogP contribution in [0.1, 0.15) is 5.56 Å². The Morgan fingerprint density at radius 3 is 2.60 bits per heavy atom. The van der Waals surface area contributed by atoms with Crippen LogP contribution >= 0.6 is 0 Å². The van der Waals surface area contributed by atoms with Gasteiger partial charge in [-0.3, -0.25) is 9.59 Å². The smallest absolute Gasteiger partial charge is 0.350 e. The second-order valence-corrected chi connectivity index (χ2v) is 6.91. The second-order valence-electron chi connectivity index (χ2n) is 6.91. The summed E-state index contributed by atoms with van der Waals surface area (Å²) in [5.74, 6) is 0.259. The number of hydrogen-bond donors (Lipinski definition) is 0. The zero-order chi connectivity index (χ0) is 21.3. The highest BCUT2D eigenvalue weighted by Gasteiger charge is 2.27. The first-order valence-corrected chi connectivity index (χ1v) is 9.44. The van der Waals surface area contributed by atoms with Gasteiger partial charge < -0.3 is 14.5 Å². The summed E-state index contributed by atoms with van der Waals surface area (Å²) in [4.78, 5) is 40.1. The van der Waals surface area contributed by atoms with Crippen LogP contribution in [-0.2, 0) is 16.1 Å². The Hall–Kier alpha value is -3.88. The molecule has 1 aliphatic heterocycles. The summed E-state index contributed by atoms with van der Waals surface area (Å²) in [5, 5.41) is 4.37. The molecule has 0 atom stereocenters. The van der Waals surface area contributed by atoms with Gasteiger partial charge in [-0.1, -0.05) is 18.7 Å². The minimum Gasteiger partial charge on any atom is -0.497 e. The van der Waals surface area contributed by atoms with E-state index in [2.05, 4.69) is 11.7 Å². The fraction of sp³-hybridized carbons (Fsp3) is 0.238. The van der Waals surface area contributed by atoms with Crippen LogP contribution < -0.4 is 15.3 Å². The van der Waals surface area contributed by atoms with Crippen molar-refractivity contribution < 1.29 is 14.3 Å². The average Bonchev–Trinajstić information content (AvgIpc) is 3.08. The van der Waals surface area contributed by atoms with Crippen molar-refractivity contribution in [1.29, 1.82) is 0 Å². The van der Waals surface area contributed by atoms with E-state index in [1.165, 1.54) is 20.1 Å². The van der Waals surface area contributed by atoms with Gasteiger partial charge in [-0.25, -0.2) is 13.9 Å². The Morgan fingerprint density at radius 2 is 1.93 bits per heavy atom. The second kappa shape index (κ2) is 7.86. The number of methoxy groups -OCH3 is 1. The van der Waals surface area contributed by atoms with Gasteiger partial charge in [0.2, 0.25) is 11.8 Å². The van der Waals surface area contributed by atoms with Crippen LogP contribution in [0, 0.1) is 0 Å². The molecule has 0 aliphatic carbocycles. The van der Waals surface area contributed by atoms with Gasteiger partial charge in [-0.05, 0) is 35.9 Å². The third kappa shape index (κ3) is 3.57. The van der Waals surface area contributed by atoms with Crippen molar-refractivity contribution in [2.75, 3.05) is 31.6 Å². The third-order valence-corrected chi connectivity index (χ3v) is 5.07. The van der Waals surface area contributed by atoms with Gasteiger partial charge in [0.05, 0.1) is 19.3 Å². The van der Waals surface area contributed by atoms with Gasteiger partial charge in [0.1, 0.15) is 12.3 Å². The molecule has 0 bridgehead atoms. The maximum atomic E-state index is 12.8. The van der Waals surface area contributed by atoms with E-state index >= 15 is 0 Å². The first kappa shape index (κ1) is 19.4. The minimum atomic E-state index is -0.296. The summed E-state index contributed by atoms with van der Waals surface area (Å²) >= 11 is 0. The Bertz CT molecular complexity index is 1180. The molecule has 4 rings (SSSR count). The molecule has 0 radical (unpaired) electrons. The van der Waals surface area contributed by atoms with Crippen LogP contribution in [0.4, 0.5) is 5.69 Å². The lowest BCUT2D eigenvalue weighted by molar-refractivity contribution is -0.133. The van der Waals surface area contributed by atoms with Crippen LogP contribution in [0.2, 0.25) is 0 Å². The maximum Gasteiger partial charge on any atom is 0.350 e. The number of ether oxygens (including phenoxy) is 1. The summed E-state index contributed by atoms with van der Waals surface area (Å²) in [5.41, 5.74) is 1.70. The maximum absolute atomic E-state index is 12.8. The fourth-order valence-corrected chi connectivity index (χ4v) is 3.44. The Balaban J connectivity index is 1.58. The molecule has 9 heteroatoms. The van der Waals surface area contributed by atoms with Crippen molar-refractivity contribution in [3.05, 3.63) is 71.3 Å². The molecule has 0 spiro atoms. The SMILES string of the molecule is C=CC(=O)N1CCN(c2ccc3nn(Cc4ccc(OC)cc4)c(=O)n3c2)C(=O)C1. The van der Waals surface area contributed by atoms with Gasteiger partial charge in [-0.15, -0.1) is 5.10 Å². The normalized spacial score (nSPS) is 14.2. The Labute approximate surface area is 172 Å². The number of benzene rings is 1. The van der Waals surface area contributed by atoms with Crippen LogP contribution in [0.3, 0.4) is 0 Å². The van der Waals surface area contributed by atoms with E-state index in [1.54, 1.807) is 30.3 Å². The molecule has 0 N–H and O–H groups in total. The number of rotatable bonds is 5. The zero-order valence-corrected chi connectivity index (χ0v) is 16.5. The molecule has 1 aliphatic rings. The highest BCUT2D eigenvalue weighted by atomic mass is 16.5. The van der Waals surface area contributed by atoms with Crippen molar-refractivity contribution >= 4 is 23.1 Å². The third-order valence-electron chi connectivity index (χ3n) is 5.07. The number of amides is 2. The Morgan fingerprint density at radius 1 is 1.17 bits per heavy atom. The molecule has 30 heavy (non-hydrogen) atoms. The summed E-state index contributed by atoms with van der Waals surface area (Å²) < 4.78 is 7.95. The molecule has 3 aromatic rings. The van der Waals surface area contributed by atoms with Crippen molar-refractivity contribution in [3.8, 4) is 5.75 Å². The molecule has 0 unspecified atom stereocenters. The molecule has 154 valence electrons. The number of nitrogens with zero attached hydrogens (tertiary/aromatic N) is 5. The number of carbonyl (C=O) groups is 2. The van der Waals surface area contributed by atoms with Crippen molar-refractivity contribution in [2.24, 2.45) is 0 Å². The number of piperazine rings is 1. The summed E-state index contributed by atoms with van der Waals surface area (Å²) in [6, 6.07) is 10.9. The van der Waals surface area contributed by atoms with E-state index in [0.717, 1.165) is 11.3 Å². The number of carbonyl (C=O) groups excluding carboxylic acids is 2. The van der Waals surface area contributed by atoms with Crippen molar-refractivity contribution in [2.45, 2.75) is 6.54 Å². The molecular weight excluding hydrogens is 386 g/mol. The number of fused-ring (bicyclic) bond motifs is 1. The van der Waals surface area contributed by atoms with E-state index in [0.29, 0.717) is 31.0 Å². The average molecular weight is 407 g/mol. The number of pyridine rings is 1. The van der Waals surface area contributed by atoms with Crippen molar-refractivity contribution in [1.82, 2.24) is 19.1 Å². The van der Waals surface area contributed by atoms with Crippen LogP contribution in [0.25, 0.3) is 5.65 Å². The summed E-state index contributed by atoms with van der Waals surface area (Å²) in [6.45, 7) is 4.50. The zero-order valence-electron chi connectivity index (χ0n) is 16.5. The van der Waals surface area contributed by atoms with Crippen LogP contribution in [0.5, 0.6) is 5.75 Å². The highest BCUT2D eigenvalue weighted by Crippen LogP contribution is 2.18. The van der Waals surface area contributed by atoms with E-state index < -0.39 is 0 Å². The number of hydrogen-bond acceptors (Lipinski definition) is 5. The minimum absolute atomic E-state index is 0.0193. The summed E-state index contributed by atoms with van der Waals surface area (Å²) in [7, 11) is 1.60. The molecule has 9 nitrogen and oxygen atoms in total. The highest BCUT2D eigenvalue weighted by molar-refractivity contribution is 5.99. The van der Waals surface area contributed by atoms with Gasteiger partial charge in [0.25, 0.3) is 0 Å². The van der Waals surface area contributed by atoms with Crippen LogP contribution in [-0.4, -0.2) is 57.6 Å². The monoisotopic (exact) mass is 407 g/mol. The summed E-state index contributed by atoms with van der Waals surface area (Å²) in [6.07, 6.45) is 2.81. The van der Waals surface area contributed by atoms with Crippen molar-refractivity contribution in [3.63, 3.8) is 0 Å². The first-order valence-electron chi connectivity index (χ1n) is 9.44. The van der Waals surface area contributed by atoms with Gasteiger partial charge in [0.15, 0.2) is 5.65 Å². The topological polar surface area (TPSA) is 89.2 Å². The Kier molecular flexibility index (Phi) is 5.09. The number of aromatic nitrogens is 3. The predicted molar refractivity (Wildman–Crippen MR) is 111 cm³/mol. The lowest BCUT2D eigenvalue weighted by Crippen LogP contribution is -2.52. The van der Waals surface area contributed by atoms with Gasteiger partial charge >= 0.3 is 5.69 Å². The van der Waals surface area contributed by atoms with Crippen LogP contribution in [0.15, 0.2) is 60.0 Å². The van der Waals surface area contributed by atoms with Gasteiger partial charge in [0, 0.05) is 19.3 Å². The molecule has 1 saturated heterocycles. The molecule has 2 aromatic heterocycles. The first-order chi connectivity index (χ1) is 14.5. The fourth-order valence-electron chi connectivity index (χ4n) is 3.44. The molecule has 0 saturated carbocycles. The predicted octanol–water partition coefficient (Wildman–Crippen LogP) is 0.914. The number of anilines is 1. The van der Waals surface area contributed by atoms with Gasteiger partial charge in [-0.2, -0.15) is 0 Å². The largest absolute Gasteiger partial charge is 0.497 e. The molecular formula is C21H21N5O4. The lowest BCUT2D eigenvalue weighted by atomic mass is 10.2. The van der Waals surface area contributed by atoms with E-state index in [1.807, 2.05) is 24.3 Å². The molecule has 1 aromatic carbocycles. The lowest BCUT2D eigenvalue weighted by Gasteiger charge is -2.33.